The van der Waals surface area contributed by atoms with Gasteiger partial charge in [-0.15, -0.1) is 11.3 Å². The third-order valence-electron chi connectivity index (χ3n) is 5.33. The van der Waals surface area contributed by atoms with Gasteiger partial charge < -0.3 is 26.0 Å². The van der Waals surface area contributed by atoms with Gasteiger partial charge in [-0.2, -0.15) is 13.2 Å². The van der Waals surface area contributed by atoms with E-state index in [0.717, 1.165) is 16.2 Å². The highest BCUT2D eigenvalue weighted by Gasteiger charge is 2.39. The number of amidine groups is 1. The average molecular weight is 627 g/mol. The smallest absolute Gasteiger partial charge is 0.486 e. The van der Waals surface area contributed by atoms with E-state index in [1.54, 1.807) is 54.6 Å². The van der Waals surface area contributed by atoms with Gasteiger partial charge in [0.1, 0.15) is 18.2 Å². The molecule has 42 heavy (non-hydrogen) atoms. The molecule has 0 radical (unpaired) electrons. The second-order valence-electron chi connectivity index (χ2n) is 8.32. The number of carboxylic acids is 1. The van der Waals surface area contributed by atoms with Crippen molar-refractivity contribution in [3.63, 3.8) is 0 Å². The minimum absolute atomic E-state index is 0.0194. The Morgan fingerprint density at radius 1 is 1.10 bits per heavy atom. The SMILES string of the molecule is NC(COc1cccc(CN2C(=O)c3cccc(NC(=O)c4ccc(Cl)s4)c3C2=O)c1)=NCCO.O=C(O)C(F)(F)F. The number of nitrogens with one attached hydrogen (secondary N) is 1. The number of hydrogen-bond donors (Lipinski definition) is 4. The Bertz CT molecular complexity index is 1530. The van der Waals surface area contributed by atoms with Crippen molar-refractivity contribution in [2.75, 3.05) is 25.1 Å². The van der Waals surface area contributed by atoms with E-state index in [-0.39, 0.29) is 49.0 Å². The van der Waals surface area contributed by atoms with Crippen LogP contribution in [0.1, 0.15) is 36.0 Å². The molecule has 2 aromatic carbocycles. The monoisotopic (exact) mass is 626 g/mol. The Balaban J connectivity index is 0.000000616. The summed E-state index contributed by atoms with van der Waals surface area (Å²) >= 11 is 7.02. The lowest BCUT2D eigenvalue weighted by molar-refractivity contribution is -0.192. The first-order chi connectivity index (χ1) is 19.8. The number of carbonyl (C=O) groups excluding carboxylic acids is 3. The Morgan fingerprint density at radius 3 is 2.40 bits per heavy atom. The molecule has 1 aliphatic heterocycles. The number of thiophene rings is 1. The van der Waals surface area contributed by atoms with Gasteiger partial charge in [0.2, 0.25) is 0 Å². The molecule has 1 aromatic heterocycles. The van der Waals surface area contributed by atoms with Crippen LogP contribution >= 0.6 is 22.9 Å². The van der Waals surface area contributed by atoms with Crippen LogP contribution in [0.15, 0.2) is 59.6 Å². The van der Waals surface area contributed by atoms with Crippen molar-refractivity contribution in [3.05, 3.63) is 80.5 Å². The molecule has 222 valence electrons. The zero-order valence-corrected chi connectivity index (χ0v) is 22.9. The molecule has 16 heteroatoms. The van der Waals surface area contributed by atoms with Gasteiger partial charge in [-0.25, -0.2) is 4.79 Å². The Kier molecular flexibility index (Phi) is 10.6. The third-order valence-corrected chi connectivity index (χ3v) is 6.56. The Hall–Kier alpha value is -4.47. The molecule has 2 heterocycles. The molecule has 0 fully saturated rings. The van der Waals surface area contributed by atoms with Crippen LogP contribution in [-0.4, -0.2) is 70.6 Å². The molecule has 3 amide bonds. The number of aliphatic hydroxyl groups is 1. The summed E-state index contributed by atoms with van der Waals surface area (Å²) in [6, 6.07) is 14.9. The lowest BCUT2D eigenvalue weighted by Crippen LogP contribution is -2.29. The molecule has 0 atom stereocenters. The quantitative estimate of drug-likeness (QED) is 0.158. The summed E-state index contributed by atoms with van der Waals surface area (Å²) in [4.78, 5) is 53.2. The number of hydrogen-bond acceptors (Lipinski definition) is 8. The maximum absolute atomic E-state index is 13.2. The number of fused-ring (bicyclic) bond motifs is 1. The van der Waals surface area contributed by atoms with E-state index < -0.39 is 29.9 Å². The van der Waals surface area contributed by atoms with Crippen LogP contribution in [-0.2, 0) is 11.3 Å². The number of aliphatic hydroxyl groups excluding tert-OH is 1. The summed E-state index contributed by atoms with van der Waals surface area (Å²) in [6.45, 7) is 0.142. The molecular weight excluding hydrogens is 605 g/mol. The van der Waals surface area contributed by atoms with E-state index in [1.807, 2.05) is 0 Å². The molecule has 0 unspecified atom stereocenters. The highest BCUT2D eigenvalue weighted by atomic mass is 35.5. The number of benzene rings is 2. The maximum Gasteiger partial charge on any atom is 0.490 e. The summed E-state index contributed by atoms with van der Waals surface area (Å²) in [5.41, 5.74) is 7.02. The largest absolute Gasteiger partial charge is 0.490 e. The van der Waals surface area contributed by atoms with Gasteiger partial charge in [0.15, 0.2) is 0 Å². The molecule has 11 nitrogen and oxygen atoms in total. The number of nitrogens with zero attached hydrogens (tertiary/aromatic N) is 2. The summed E-state index contributed by atoms with van der Waals surface area (Å²) < 4.78 is 37.8. The van der Waals surface area contributed by atoms with Gasteiger partial charge in [0, 0.05) is 0 Å². The van der Waals surface area contributed by atoms with Gasteiger partial charge >= 0.3 is 12.1 Å². The van der Waals surface area contributed by atoms with E-state index in [4.69, 9.17) is 37.1 Å². The van der Waals surface area contributed by atoms with Crippen molar-refractivity contribution >= 4 is 58.2 Å². The first-order valence-electron chi connectivity index (χ1n) is 11.8. The maximum atomic E-state index is 13.2. The van der Waals surface area contributed by atoms with Crippen molar-refractivity contribution in [3.8, 4) is 5.75 Å². The number of aliphatic imine (C=N–C) groups is 1. The fraction of sp³-hybridized carbons (Fsp3) is 0.192. The van der Waals surface area contributed by atoms with Crippen molar-refractivity contribution < 1.29 is 47.3 Å². The van der Waals surface area contributed by atoms with Crippen LogP contribution in [0.3, 0.4) is 0 Å². The van der Waals surface area contributed by atoms with Crippen LogP contribution in [0, 0.1) is 0 Å². The molecule has 1 aliphatic rings. The number of rotatable bonds is 9. The average Bonchev–Trinajstić information content (AvgIpc) is 3.48. The first kappa shape index (κ1) is 32.0. The molecule has 5 N–H and O–H groups in total. The first-order valence-corrected chi connectivity index (χ1v) is 13.0. The van der Waals surface area contributed by atoms with Crippen LogP contribution in [0.2, 0.25) is 4.34 Å². The molecule has 0 aliphatic carbocycles. The van der Waals surface area contributed by atoms with Gasteiger partial charge in [-0.3, -0.25) is 24.3 Å². The topological polar surface area (TPSA) is 172 Å². The molecule has 0 saturated heterocycles. The molecule has 0 bridgehead atoms. The number of alkyl halides is 3. The zero-order chi connectivity index (χ0) is 31.0. The van der Waals surface area contributed by atoms with E-state index in [1.165, 1.54) is 0 Å². The second kappa shape index (κ2) is 13.9. The summed E-state index contributed by atoms with van der Waals surface area (Å²) in [7, 11) is 0. The number of anilines is 1. The van der Waals surface area contributed by atoms with Crippen molar-refractivity contribution in [1.29, 1.82) is 0 Å². The number of halogens is 4. The van der Waals surface area contributed by atoms with Gasteiger partial charge in [0.25, 0.3) is 17.7 Å². The molecule has 4 rings (SSSR count). The van der Waals surface area contributed by atoms with Crippen molar-refractivity contribution in [2.45, 2.75) is 12.7 Å². The van der Waals surface area contributed by atoms with E-state index in [2.05, 4.69) is 10.3 Å². The normalized spacial score (nSPS) is 12.9. The lowest BCUT2D eigenvalue weighted by Gasteiger charge is -2.15. The van der Waals surface area contributed by atoms with Gasteiger partial charge in [-0.05, 0) is 42.0 Å². The predicted octanol–water partition coefficient (Wildman–Crippen LogP) is 3.81. The third kappa shape index (κ3) is 8.28. The summed E-state index contributed by atoms with van der Waals surface area (Å²) in [6.07, 6.45) is -5.08. The number of carbonyl (C=O) groups is 4. The molecule has 3 aromatic rings. The minimum atomic E-state index is -5.08. The van der Waals surface area contributed by atoms with Crippen LogP contribution in [0.5, 0.6) is 5.75 Å². The minimum Gasteiger partial charge on any atom is -0.486 e. The van der Waals surface area contributed by atoms with Crippen molar-refractivity contribution in [1.82, 2.24) is 4.90 Å². The van der Waals surface area contributed by atoms with Gasteiger partial charge in [0.05, 0.1) is 45.7 Å². The highest BCUT2D eigenvalue weighted by molar-refractivity contribution is 7.18. The highest BCUT2D eigenvalue weighted by Crippen LogP contribution is 2.32. The summed E-state index contributed by atoms with van der Waals surface area (Å²) in [5.74, 6) is -3.40. The number of nitrogens with two attached hydrogens (primary N) is 1. The zero-order valence-electron chi connectivity index (χ0n) is 21.4. The Morgan fingerprint density at radius 2 is 1.79 bits per heavy atom. The molecule has 0 saturated carbocycles. The number of ether oxygens (including phenoxy) is 1. The fourth-order valence-electron chi connectivity index (χ4n) is 3.51. The molecule has 0 spiro atoms. The lowest BCUT2D eigenvalue weighted by atomic mass is 10.1. The summed E-state index contributed by atoms with van der Waals surface area (Å²) in [5, 5.41) is 18.6. The number of imide groups is 1. The van der Waals surface area contributed by atoms with Crippen LogP contribution in [0.4, 0.5) is 18.9 Å². The number of aliphatic carboxylic acids is 1. The van der Waals surface area contributed by atoms with E-state index >= 15 is 0 Å². The molecular formula is C26H22ClF3N4O7S. The predicted molar refractivity (Wildman–Crippen MR) is 147 cm³/mol. The number of amides is 3. The second-order valence-corrected chi connectivity index (χ2v) is 10.0. The van der Waals surface area contributed by atoms with Crippen LogP contribution < -0.4 is 15.8 Å². The Labute approximate surface area is 245 Å². The van der Waals surface area contributed by atoms with E-state index in [0.29, 0.717) is 20.5 Å². The standard InChI is InChI=1S/C24H21ClN4O5S.C2HF3O2/c25-19-8-7-18(35-19)22(31)28-17-6-2-5-16-21(17)24(33)29(23(16)32)12-14-3-1-4-15(11-14)34-13-20(26)27-9-10-30;3-2(4,5)1(6)7/h1-8,11,30H,9-10,12-13H2,(H2,26,27)(H,28,31);(H,6,7). The van der Waals surface area contributed by atoms with Crippen molar-refractivity contribution in [2.24, 2.45) is 10.7 Å². The fourth-order valence-corrected chi connectivity index (χ4v) is 4.45. The van der Waals surface area contributed by atoms with E-state index in [9.17, 15) is 27.6 Å². The van der Waals surface area contributed by atoms with Crippen LogP contribution in [0.25, 0.3) is 0 Å². The van der Waals surface area contributed by atoms with Gasteiger partial charge in [-0.1, -0.05) is 29.8 Å². The number of carboxylic acid groups (broad SMARTS) is 1.